The summed E-state index contributed by atoms with van der Waals surface area (Å²) in [5, 5.41) is 9.47. The number of halogens is 2. The van der Waals surface area contributed by atoms with Crippen molar-refractivity contribution in [2.45, 2.75) is 0 Å². The average Bonchev–Trinajstić information content (AvgIpc) is 2.16. The van der Waals surface area contributed by atoms with E-state index in [0.717, 1.165) is 0 Å². The molecule has 0 saturated heterocycles. The Morgan fingerprint density at radius 2 is 2.43 bits per heavy atom. The molecule has 0 aliphatic carbocycles. The van der Waals surface area contributed by atoms with Gasteiger partial charge in [-0.15, -0.1) is 0 Å². The largest absolute Gasteiger partial charge is 0.478 e. The number of nitrogens with zero attached hydrogens (tertiary/aromatic N) is 1. The number of aromatic nitrogens is 1. The predicted molar refractivity (Wildman–Crippen MR) is 59.0 cm³/mol. The minimum Gasteiger partial charge on any atom is -0.478 e. The molecule has 0 amide bonds. The Kier molecular flexibility index (Phi) is 4.10. The van der Waals surface area contributed by atoms with Gasteiger partial charge in [0.25, 0.3) is 0 Å². The monoisotopic (exact) mass is 275 g/mol. The fraction of sp³-hybridized carbons (Fsp3) is 0.111. The van der Waals surface area contributed by atoms with Gasteiger partial charge in [-0.2, -0.15) is 0 Å². The molecule has 14 heavy (non-hydrogen) atoms. The van der Waals surface area contributed by atoms with Crippen molar-refractivity contribution >= 4 is 39.6 Å². The van der Waals surface area contributed by atoms with Crippen LogP contribution in [0.1, 0.15) is 15.9 Å². The molecule has 0 spiro atoms. The van der Waals surface area contributed by atoms with Crippen LogP contribution in [0.4, 0.5) is 0 Å². The van der Waals surface area contributed by atoms with Gasteiger partial charge in [0.05, 0.1) is 5.56 Å². The molecule has 0 saturated carbocycles. The third kappa shape index (κ3) is 2.82. The van der Waals surface area contributed by atoms with Crippen LogP contribution in [0.25, 0.3) is 6.08 Å². The van der Waals surface area contributed by atoms with Gasteiger partial charge in [-0.1, -0.05) is 39.7 Å². The Bertz CT molecular complexity index is 379. The van der Waals surface area contributed by atoms with E-state index in [1.165, 1.54) is 12.3 Å². The van der Waals surface area contributed by atoms with E-state index in [1.54, 1.807) is 6.08 Å². The predicted octanol–water partition coefficient (Wildman–Crippen LogP) is 2.84. The summed E-state index contributed by atoms with van der Waals surface area (Å²) < 4.78 is 0. The van der Waals surface area contributed by atoms with Crippen LogP contribution in [0.3, 0.4) is 0 Å². The number of carboxylic acids is 1. The number of allylic oxidation sites excluding steroid dienone is 1. The molecule has 0 atom stereocenters. The molecule has 1 heterocycles. The first-order chi connectivity index (χ1) is 6.65. The fourth-order valence-corrected chi connectivity index (χ4v) is 1.26. The van der Waals surface area contributed by atoms with Crippen molar-refractivity contribution in [2.75, 3.05) is 5.33 Å². The van der Waals surface area contributed by atoms with Crippen LogP contribution in [-0.4, -0.2) is 21.4 Å². The highest BCUT2D eigenvalue weighted by Crippen LogP contribution is 2.15. The number of carboxylic acid groups (broad SMARTS) is 1. The number of hydrogen-bond donors (Lipinski definition) is 1. The maximum Gasteiger partial charge on any atom is 0.338 e. The zero-order valence-corrected chi connectivity index (χ0v) is 9.42. The lowest BCUT2D eigenvalue weighted by Gasteiger charge is -1.98. The maximum atomic E-state index is 10.7. The van der Waals surface area contributed by atoms with Gasteiger partial charge in [0.2, 0.25) is 0 Å². The van der Waals surface area contributed by atoms with E-state index in [0.29, 0.717) is 10.9 Å². The van der Waals surface area contributed by atoms with Crippen LogP contribution in [0.15, 0.2) is 18.3 Å². The van der Waals surface area contributed by atoms with Gasteiger partial charge in [-0.05, 0) is 11.6 Å². The average molecular weight is 277 g/mol. The van der Waals surface area contributed by atoms with Crippen molar-refractivity contribution in [1.82, 2.24) is 4.98 Å². The molecular formula is C9H7BrClNO2. The van der Waals surface area contributed by atoms with Crippen molar-refractivity contribution in [3.05, 3.63) is 34.6 Å². The first-order valence-electron chi connectivity index (χ1n) is 3.76. The summed E-state index contributed by atoms with van der Waals surface area (Å²) in [7, 11) is 0. The molecule has 0 aliphatic heterocycles. The minimum absolute atomic E-state index is 0.00786. The van der Waals surface area contributed by atoms with E-state index in [-0.39, 0.29) is 10.7 Å². The summed E-state index contributed by atoms with van der Waals surface area (Å²) in [6.07, 6.45) is 5.13. The van der Waals surface area contributed by atoms with Crippen molar-refractivity contribution in [3.63, 3.8) is 0 Å². The molecule has 0 fully saturated rings. The number of rotatable bonds is 3. The van der Waals surface area contributed by atoms with E-state index in [2.05, 4.69) is 20.9 Å². The van der Waals surface area contributed by atoms with Gasteiger partial charge in [0.1, 0.15) is 5.15 Å². The second-order valence-electron chi connectivity index (χ2n) is 2.47. The van der Waals surface area contributed by atoms with E-state index in [1.807, 2.05) is 6.08 Å². The molecule has 1 aromatic rings. The zero-order valence-electron chi connectivity index (χ0n) is 7.08. The Morgan fingerprint density at radius 3 is 3.00 bits per heavy atom. The molecule has 0 aliphatic rings. The first-order valence-corrected chi connectivity index (χ1v) is 5.26. The van der Waals surface area contributed by atoms with Crippen LogP contribution in [0.2, 0.25) is 5.15 Å². The van der Waals surface area contributed by atoms with Crippen molar-refractivity contribution < 1.29 is 9.90 Å². The van der Waals surface area contributed by atoms with E-state index < -0.39 is 5.97 Å². The third-order valence-corrected chi connectivity index (χ3v) is 2.17. The number of alkyl halides is 1. The summed E-state index contributed by atoms with van der Waals surface area (Å²) in [6, 6.07) is 1.48. The molecule has 0 unspecified atom stereocenters. The lowest BCUT2D eigenvalue weighted by Crippen LogP contribution is -1.99. The SMILES string of the molecule is O=C(O)c1cc(C=CCBr)cnc1Cl. The minimum atomic E-state index is -1.07. The highest BCUT2D eigenvalue weighted by atomic mass is 79.9. The van der Waals surface area contributed by atoms with Crippen LogP contribution in [-0.2, 0) is 0 Å². The van der Waals surface area contributed by atoms with E-state index in [4.69, 9.17) is 16.7 Å². The molecule has 0 bridgehead atoms. The highest BCUT2D eigenvalue weighted by Gasteiger charge is 2.09. The van der Waals surface area contributed by atoms with Crippen LogP contribution >= 0.6 is 27.5 Å². The lowest BCUT2D eigenvalue weighted by molar-refractivity contribution is 0.0696. The molecule has 1 N–H and O–H groups in total. The summed E-state index contributed by atoms with van der Waals surface area (Å²) in [4.78, 5) is 14.5. The van der Waals surface area contributed by atoms with Crippen LogP contribution in [0.5, 0.6) is 0 Å². The van der Waals surface area contributed by atoms with E-state index in [9.17, 15) is 4.79 Å². The molecule has 3 nitrogen and oxygen atoms in total. The number of hydrogen-bond acceptors (Lipinski definition) is 2. The second kappa shape index (κ2) is 5.12. The van der Waals surface area contributed by atoms with Gasteiger partial charge in [0.15, 0.2) is 0 Å². The Balaban J connectivity index is 3.06. The smallest absolute Gasteiger partial charge is 0.338 e. The maximum absolute atomic E-state index is 10.7. The van der Waals surface area contributed by atoms with Crippen molar-refractivity contribution in [1.29, 1.82) is 0 Å². The Morgan fingerprint density at radius 1 is 1.71 bits per heavy atom. The molecule has 5 heteroatoms. The summed E-state index contributed by atoms with van der Waals surface area (Å²) in [6.45, 7) is 0. The van der Waals surface area contributed by atoms with Gasteiger partial charge in [0, 0.05) is 11.5 Å². The van der Waals surface area contributed by atoms with Gasteiger partial charge in [-0.25, -0.2) is 9.78 Å². The molecule has 0 radical (unpaired) electrons. The summed E-state index contributed by atoms with van der Waals surface area (Å²) in [5.41, 5.74) is 0.731. The molecule has 74 valence electrons. The first kappa shape index (κ1) is 11.2. The molecular weight excluding hydrogens is 269 g/mol. The quantitative estimate of drug-likeness (QED) is 0.682. The Hall–Kier alpha value is -0.870. The van der Waals surface area contributed by atoms with Crippen LogP contribution in [0, 0.1) is 0 Å². The standard InChI is InChI=1S/C9H7BrClNO2/c10-3-1-2-6-4-7(9(13)14)8(11)12-5-6/h1-2,4-5H,3H2,(H,13,14). The number of carbonyl (C=O) groups is 1. The molecule has 0 aromatic carbocycles. The summed E-state index contributed by atoms with van der Waals surface area (Å²) >= 11 is 8.82. The van der Waals surface area contributed by atoms with E-state index >= 15 is 0 Å². The number of aromatic carboxylic acids is 1. The van der Waals surface area contributed by atoms with Gasteiger partial charge < -0.3 is 5.11 Å². The van der Waals surface area contributed by atoms with Gasteiger partial charge in [-0.3, -0.25) is 0 Å². The lowest BCUT2D eigenvalue weighted by atomic mass is 10.2. The Labute approximate surface area is 94.5 Å². The summed E-state index contributed by atoms with van der Waals surface area (Å²) in [5.74, 6) is -1.07. The third-order valence-electron chi connectivity index (χ3n) is 1.49. The second-order valence-corrected chi connectivity index (χ2v) is 3.47. The normalized spacial score (nSPS) is 10.7. The van der Waals surface area contributed by atoms with Gasteiger partial charge >= 0.3 is 5.97 Å². The fourth-order valence-electron chi connectivity index (χ4n) is 0.886. The topological polar surface area (TPSA) is 50.2 Å². The zero-order chi connectivity index (χ0) is 10.6. The van der Waals surface area contributed by atoms with Crippen molar-refractivity contribution in [3.8, 4) is 0 Å². The molecule has 1 rings (SSSR count). The molecule has 1 aromatic heterocycles. The number of pyridine rings is 1. The van der Waals surface area contributed by atoms with Crippen LogP contribution < -0.4 is 0 Å². The highest BCUT2D eigenvalue weighted by molar-refractivity contribution is 9.09. The van der Waals surface area contributed by atoms with Crippen molar-refractivity contribution in [2.24, 2.45) is 0 Å².